The Bertz CT molecular complexity index is 703. The lowest BCUT2D eigenvalue weighted by Crippen LogP contribution is -2.16. The monoisotopic (exact) mass is 315 g/mol. The van der Waals surface area contributed by atoms with Crippen LogP contribution >= 0.6 is 11.6 Å². The molecule has 2 aromatic rings. The lowest BCUT2D eigenvalue weighted by atomic mass is 9.94. The highest BCUT2D eigenvalue weighted by Crippen LogP contribution is 2.34. The van der Waals surface area contributed by atoms with Crippen molar-refractivity contribution in [2.24, 2.45) is 0 Å². The van der Waals surface area contributed by atoms with Crippen molar-refractivity contribution in [3.63, 3.8) is 0 Å². The molecule has 0 fully saturated rings. The summed E-state index contributed by atoms with van der Waals surface area (Å²) in [5.41, 5.74) is 2.50. The second-order valence-corrected chi connectivity index (χ2v) is 6.55. The molecule has 0 unspecified atom stereocenters. The van der Waals surface area contributed by atoms with E-state index in [1.54, 1.807) is 30.3 Å². The first kappa shape index (κ1) is 16.2. The van der Waals surface area contributed by atoms with Gasteiger partial charge in [-0.3, -0.25) is 9.59 Å². The Morgan fingerprint density at radius 1 is 1.00 bits per heavy atom. The minimum atomic E-state index is -0.704. The number of ketones is 1. The maximum absolute atomic E-state index is 12.5. The van der Waals surface area contributed by atoms with E-state index < -0.39 is 4.87 Å². The molecule has 0 aliphatic carbocycles. The van der Waals surface area contributed by atoms with Gasteiger partial charge in [0.25, 0.3) is 0 Å². The predicted molar refractivity (Wildman–Crippen MR) is 89.5 cm³/mol. The van der Waals surface area contributed by atoms with E-state index in [2.05, 4.69) is 5.32 Å². The molecule has 114 valence electrons. The molecule has 2 rings (SSSR count). The van der Waals surface area contributed by atoms with Crippen molar-refractivity contribution < 1.29 is 9.59 Å². The molecule has 1 N–H and O–H groups in total. The minimum Gasteiger partial charge on any atom is -0.326 e. The molecule has 4 heteroatoms. The summed E-state index contributed by atoms with van der Waals surface area (Å²) in [7, 11) is 0. The van der Waals surface area contributed by atoms with Crippen LogP contribution in [-0.2, 0) is 9.67 Å². The smallest absolute Gasteiger partial charge is 0.221 e. The standard InChI is InChI=1S/C18H18ClNO2/c1-12(21)20-16-10-9-14(11-15(16)18(2,3)19)17(22)13-7-5-4-6-8-13/h4-11H,1-3H3,(H,20,21). The number of carbonyl (C=O) groups is 2. The van der Waals surface area contributed by atoms with Gasteiger partial charge >= 0.3 is 0 Å². The van der Waals surface area contributed by atoms with Crippen molar-refractivity contribution in [2.75, 3.05) is 5.32 Å². The molecule has 0 aromatic heterocycles. The van der Waals surface area contributed by atoms with Crippen LogP contribution in [-0.4, -0.2) is 11.7 Å². The normalized spacial score (nSPS) is 11.1. The van der Waals surface area contributed by atoms with Crippen LogP contribution < -0.4 is 5.32 Å². The van der Waals surface area contributed by atoms with Crippen LogP contribution in [0, 0.1) is 0 Å². The summed E-state index contributed by atoms with van der Waals surface area (Å²) in [6.07, 6.45) is 0. The van der Waals surface area contributed by atoms with Crippen molar-refractivity contribution >= 4 is 29.0 Å². The van der Waals surface area contributed by atoms with E-state index in [0.717, 1.165) is 0 Å². The fraction of sp³-hybridized carbons (Fsp3) is 0.222. The van der Waals surface area contributed by atoms with Gasteiger partial charge in [-0.2, -0.15) is 0 Å². The number of rotatable bonds is 4. The summed E-state index contributed by atoms with van der Waals surface area (Å²) in [4.78, 5) is 23.1. The lowest BCUT2D eigenvalue weighted by molar-refractivity contribution is -0.114. The molecule has 0 spiro atoms. The Labute approximate surface area is 135 Å². The van der Waals surface area contributed by atoms with Gasteiger partial charge in [0, 0.05) is 23.7 Å². The van der Waals surface area contributed by atoms with E-state index in [9.17, 15) is 9.59 Å². The van der Waals surface area contributed by atoms with Crippen LogP contribution in [0.15, 0.2) is 48.5 Å². The quantitative estimate of drug-likeness (QED) is 0.673. The Balaban J connectivity index is 2.47. The number of nitrogens with one attached hydrogen (secondary N) is 1. The summed E-state index contributed by atoms with van der Waals surface area (Å²) in [6, 6.07) is 14.2. The SMILES string of the molecule is CC(=O)Nc1ccc(C(=O)c2ccccc2)cc1C(C)(C)Cl. The highest BCUT2D eigenvalue weighted by molar-refractivity contribution is 6.24. The van der Waals surface area contributed by atoms with Crippen LogP contribution in [0.5, 0.6) is 0 Å². The Morgan fingerprint density at radius 2 is 1.64 bits per heavy atom. The van der Waals surface area contributed by atoms with Crippen LogP contribution in [0.4, 0.5) is 5.69 Å². The molecule has 0 heterocycles. The molecular weight excluding hydrogens is 298 g/mol. The Morgan fingerprint density at radius 3 is 2.18 bits per heavy atom. The second-order valence-electron chi connectivity index (χ2n) is 5.61. The van der Waals surface area contributed by atoms with Crippen molar-refractivity contribution in [3.05, 3.63) is 65.2 Å². The van der Waals surface area contributed by atoms with Gasteiger partial charge in [-0.25, -0.2) is 0 Å². The fourth-order valence-corrected chi connectivity index (χ4v) is 2.39. The van der Waals surface area contributed by atoms with Gasteiger partial charge in [0.05, 0.1) is 4.87 Å². The molecular formula is C18H18ClNO2. The number of hydrogen-bond acceptors (Lipinski definition) is 2. The number of halogens is 1. The average molecular weight is 316 g/mol. The van der Waals surface area contributed by atoms with E-state index >= 15 is 0 Å². The highest BCUT2D eigenvalue weighted by Gasteiger charge is 2.23. The molecule has 2 aromatic carbocycles. The minimum absolute atomic E-state index is 0.0721. The maximum Gasteiger partial charge on any atom is 0.221 e. The predicted octanol–water partition coefficient (Wildman–Crippen LogP) is 4.35. The van der Waals surface area contributed by atoms with Crippen molar-refractivity contribution in [1.29, 1.82) is 0 Å². The molecule has 3 nitrogen and oxygen atoms in total. The maximum atomic E-state index is 12.5. The molecule has 0 aliphatic rings. The molecule has 0 saturated heterocycles. The van der Waals surface area contributed by atoms with Gasteiger partial charge in [-0.05, 0) is 37.6 Å². The first-order chi connectivity index (χ1) is 10.3. The highest BCUT2D eigenvalue weighted by atomic mass is 35.5. The summed E-state index contributed by atoms with van der Waals surface area (Å²) < 4.78 is 0. The number of hydrogen-bond donors (Lipinski definition) is 1. The lowest BCUT2D eigenvalue weighted by Gasteiger charge is -2.21. The van der Waals surface area contributed by atoms with Crippen LogP contribution in [0.2, 0.25) is 0 Å². The van der Waals surface area contributed by atoms with E-state index in [1.165, 1.54) is 6.92 Å². The van der Waals surface area contributed by atoms with E-state index in [4.69, 9.17) is 11.6 Å². The summed E-state index contributed by atoms with van der Waals surface area (Å²) in [5.74, 6) is -0.249. The van der Waals surface area contributed by atoms with Gasteiger partial charge in [-0.15, -0.1) is 11.6 Å². The van der Waals surface area contributed by atoms with E-state index in [-0.39, 0.29) is 11.7 Å². The van der Waals surface area contributed by atoms with E-state index in [0.29, 0.717) is 22.4 Å². The third-order valence-electron chi connectivity index (χ3n) is 3.27. The number of alkyl halides is 1. The number of amides is 1. The van der Waals surface area contributed by atoms with Gasteiger partial charge in [0.1, 0.15) is 0 Å². The van der Waals surface area contributed by atoms with Gasteiger partial charge < -0.3 is 5.32 Å². The van der Waals surface area contributed by atoms with Crippen molar-refractivity contribution in [1.82, 2.24) is 0 Å². The molecule has 0 bridgehead atoms. The number of anilines is 1. The van der Waals surface area contributed by atoms with Gasteiger partial charge in [0.2, 0.25) is 5.91 Å². The first-order valence-electron chi connectivity index (χ1n) is 7.00. The van der Waals surface area contributed by atoms with Gasteiger partial charge in [0.15, 0.2) is 5.78 Å². The van der Waals surface area contributed by atoms with Crippen LogP contribution in [0.3, 0.4) is 0 Å². The number of benzene rings is 2. The fourth-order valence-electron chi connectivity index (χ4n) is 2.23. The summed E-state index contributed by atoms with van der Waals surface area (Å²) >= 11 is 6.41. The third kappa shape index (κ3) is 3.74. The van der Waals surface area contributed by atoms with Crippen molar-refractivity contribution in [2.45, 2.75) is 25.6 Å². The average Bonchev–Trinajstić information content (AvgIpc) is 2.46. The zero-order chi connectivity index (χ0) is 16.3. The number of carbonyl (C=O) groups excluding carboxylic acids is 2. The van der Waals surface area contributed by atoms with Crippen molar-refractivity contribution in [3.8, 4) is 0 Å². The molecule has 0 radical (unpaired) electrons. The zero-order valence-electron chi connectivity index (χ0n) is 12.8. The summed E-state index contributed by atoms with van der Waals surface area (Å²) in [5, 5.41) is 2.75. The molecule has 0 saturated carbocycles. The first-order valence-corrected chi connectivity index (χ1v) is 7.37. The Hall–Kier alpha value is -2.13. The zero-order valence-corrected chi connectivity index (χ0v) is 13.6. The third-order valence-corrected chi connectivity index (χ3v) is 3.47. The molecule has 0 aliphatic heterocycles. The van der Waals surface area contributed by atoms with Crippen LogP contribution in [0.25, 0.3) is 0 Å². The topological polar surface area (TPSA) is 46.2 Å². The second kappa shape index (κ2) is 6.32. The molecule has 22 heavy (non-hydrogen) atoms. The van der Waals surface area contributed by atoms with Crippen LogP contribution in [0.1, 0.15) is 42.3 Å². The molecule has 1 amide bonds. The largest absolute Gasteiger partial charge is 0.326 e. The van der Waals surface area contributed by atoms with E-state index in [1.807, 2.05) is 32.0 Å². The van der Waals surface area contributed by atoms with Gasteiger partial charge in [-0.1, -0.05) is 30.3 Å². The Kier molecular flexibility index (Phi) is 4.67. The summed E-state index contributed by atoms with van der Waals surface area (Å²) in [6.45, 7) is 5.09. The molecule has 0 atom stereocenters.